The maximum atomic E-state index is 12.7. The lowest BCUT2D eigenvalue weighted by molar-refractivity contribution is 0.0427. The summed E-state index contributed by atoms with van der Waals surface area (Å²) in [6.45, 7) is 9.98. The number of nitrogens with one attached hydrogen (secondary N) is 1. The first-order valence-corrected chi connectivity index (χ1v) is 9.78. The number of benzene rings is 1. The third-order valence-electron chi connectivity index (χ3n) is 3.28. The molecule has 2 amide bonds. The number of amides is 2. The van der Waals surface area contributed by atoms with Gasteiger partial charge in [-0.15, -0.1) is 4.90 Å². The second-order valence-corrected chi connectivity index (χ2v) is 8.73. The topological polar surface area (TPSA) is 102 Å². The van der Waals surface area contributed by atoms with Crippen LogP contribution >= 0.6 is 15.9 Å². The van der Waals surface area contributed by atoms with E-state index in [0.717, 1.165) is 5.56 Å². The van der Waals surface area contributed by atoms with Crippen LogP contribution in [0.1, 0.15) is 47.1 Å². The molecule has 152 valence electrons. The molecule has 1 aromatic carbocycles. The average molecular weight is 454 g/mol. The number of hydrogen-bond donors (Lipinski definition) is 1. The van der Waals surface area contributed by atoms with Crippen molar-refractivity contribution in [1.29, 1.82) is 0 Å². The van der Waals surface area contributed by atoms with E-state index in [1.807, 2.05) is 0 Å². The fourth-order valence-corrected chi connectivity index (χ4v) is 2.57. The van der Waals surface area contributed by atoms with Gasteiger partial charge in [0.25, 0.3) is 5.56 Å². The number of halogens is 1. The number of nitrogens with zero attached hydrogens (tertiary/aromatic N) is 2. The number of H-pyrrole nitrogens is 1. The molecule has 0 saturated heterocycles. The lowest BCUT2D eigenvalue weighted by Gasteiger charge is -2.27. The number of rotatable bonds is 2. The summed E-state index contributed by atoms with van der Waals surface area (Å²) in [4.78, 5) is 45.2. The Morgan fingerprint density at radius 3 is 2.07 bits per heavy atom. The van der Waals surface area contributed by atoms with Crippen LogP contribution < -0.4 is 10.5 Å². The molecule has 28 heavy (non-hydrogen) atoms. The van der Waals surface area contributed by atoms with Crippen molar-refractivity contribution in [3.05, 3.63) is 34.1 Å². The summed E-state index contributed by atoms with van der Waals surface area (Å²) in [5, 5.41) is 0.917. The van der Waals surface area contributed by atoms with Gasteiger partial charge >= 0.3 is 12.2 Å². The first kappa shape index (κ1) is 21.9. The van der Waals surface area contributed by atoms with Crippen molar-refractivity contribution >= 4 is 45.0 Å². The van der Waals surface area contributed by atoms with E-state index in [2.05, 4.69) is 25.9 Å². The maximum absolute atomic E-state index is 12.7. The highest BCUT2D eigenvalue weighted by Crippen LogP contribution is 2.20. The second kappa shape index (κ2) is 7.90. The van der Waals surface area contributed by atoms with Gasteiger partial charge in [0.1, 0.15) is 11.2 Å². The smallest absolute Gasteiger partial charge is 0.427 e. The summed E-state index contributed by atoms with van der Waals surface area (Å²) in [6, 6.07) is 5.12. The van der Waals surface area contributed by atoms with E-state index in [1.165, 1.54) is 0 Å². The van der Waals surface area contributed by atoms with E-state index in [-0.39, 0.29) is 5.95 Å². The molecule has 1 heterocycles. The van der Waals surface area contributed by atoms with Gasteiger partial charge in [0.15, 0.2) is 0 Å². The Morgan fingerprint density at radius 1 is 1.07 bits per heavy atom. The van der Waals surface area contributed by atoms with Gasteiger partial charge in [0, 0.05) is 5.33 Å². The third-order valence-corrected chi connectivity index (χ3v) is 3.92. The first-order valence-electron chi connectivity index (χ1n) is 8.66. The molecule has 0 bridgehead atoms. The van der Waals surface area contributed by atoms with Gasteiger partial charge < -0.3 is 9.47 Å². The fourth-order valence-electron chi connectivity index (χ4n) is 2.23. The van der Waals surface area contributed by atoms with E-state index in [0.29, 0.717) is 21.1 Å². The number of ether oxygens (including phenoxy) is 2. The zero-order chi connectivity index (χ0) is 21.3. The average Bonchev–Trinajstić information content (AvgIpc) is 2.51. The number of imide groups is 1. The van der Waals surface area contributed by atoms with Crippen molar-refractivity contribution in [2.75, 3.05) is 4.90 Å². The number of fused-ring (bicyclic) bond motifs is 1. The molecule has 0 spiro atoms. The molecule has 2 rings (SSSR count). The Hall–Kier alpha value is -2.42. The molecule has 0 saturated carbocycles. The Bertz CT molecular complexity index is 929. The van der Waals surface area contributed by atoms with Gasteiger partial charge in [-0.2, -0.15) is 0 Å². The highest BCUT2D eigenvalue weighted by atomic mass is 79.9. The molecule has 9 heteroatoms. The second-order valence-electron chi connectivity index (χ2n) is 8.17. The predicted octanol–water partition coefficient (Wildman–Crippen LogP) is 4.49. The SMILES string of the molecule is CC(C)(C)OC(=O)N(C(=O)OC(C)(C)C)c1nc2ccc(CBr)cc2c(=O)[nH]1. The fraction of sp³-hybridized carbons (Fsp3) is 0.474. The van der Waals surface area contributed by atoms with Crippen LogP contribution in [0.3, 0.4) is 0 Å². The molecule has 1 N–H and O–H groups in total. The van der Waals surface area contributed by atoms with Crippen LogP contribution in [0.4, 0.5) is 15.5 Å². The minimum Gasteiger partial charge on any atom is -0.443 e. The van der Waals surface area contributed by atoms with Gasteiger partial charge in [-0.25, -0.2) is 14.6 Å². The Kier molecular flexibility index (Phi) is 6.18. The molecule has 0 aliphatic carbocycles. The Labute approximate surface area is 171 Å². The quantitative estimate of drug-likeness (QED) is 0.671. The van der Waals surface area contributed by atoms with Crippen molar-refractivity contribution in [1.82, 2.24) is 9.97 Å². The van der Waals surface area contributed by atoms with E-state index in [1.54, 1.807) is 59.7 Å². The van der Waals surface area contributed by atoms with Crippen LogP contribution in [0.25, 0.3) is 10.9 Å². The molecule has 0 aliphatic heterocycles. The lowest BCUT2D eigenvalue weighted by Crippen LogP contribution is -2.45. The molecule has 1 aromatic heterocycles. The van der Waals surface area contributed by atoms with Crippen LogP contribution in [-0.2, 0) is 14.8 Å². The van der Waals surface area contributed by atoms with Crippen molar-refractivity contribution in [3.63, 3.8) is 0 Å². The van der Waals surface area contributed by atoms with Crippen LogP contribution in [0.5, 0.6) is 0 Å². The number of aromatic nitrogens is 2. The number of carbonyl (C=O) groups excluding carboxylic acids is 2. The Balaban J connectivity index is 2.57. The maximum Gasteiger partial charge on any atom is 0.427 e. The lowest BCUT2D eigenvalue weighted by atomic mass is 10.2. The molecule has 0 radical (unpaired) electrons. The number of carbonyl (C=O) groups is 2. The molecule has 0 unspecified atom stereocenters. The van der Waals surface area contributed by atoms with Gasteiger partial charge in [0.2, 0.25) is 5.95 Å². The minimum absolute atomic E-state index is 0.271. The van der Waals surface area contributed by atoms with Crippen LogP contribution in [0.15, 0.2) is 23.0 Å². The molecular formula is C19H24BrN3O5. The highest BCUT2D eigenvalue weighted by molar-refractivity contribution is 9.08. The van der Waals surface area contributed by atoms with Gasteiger partial charge in [-0.3, -0.25) is 9.78 Å². The highest BCUT2D eigenvalue weighted by Gasteiger charge is 2.34. The summed E-state index contributed by atoms with van der Waals surface area (Å²) in [5.74, 6) is -0.271. The van der Waals surface area contributed by atoms with Crippen molar-refractivity contribution in [2.45, 2.75) is 58.1 Å². The minimum atomic E-state index is -0.999. The number of alkyl halides is 1. The summed E-state index contributed by atoms with van der Waals surface area (Å²) in [5.41, 5.74) is -0.984. The number of anilines is 1. The standard InChI is InChI=1S/C19H24BrN3O5/c1-18(2,3)27-16(25)23(17(26)28-19(4,5)6)15-21-13-8-7-11(10-20)9-12(13)14(24)22-15/h7-9H,10H2,1-6H3,(H,21,22,24). The predicted molar refractivity (Wildman–Crippen MR) is 110 cm³/mol. The number of aromatic amines is 1. The van der Waals surface area contributed by atoms with Crippen LogP contribution in [0, 0.1) is 0 Å². The summed E-state index contributed by atoms with van der Waals surface area (Å²) in [7, 11) is 0. The Morgan fingerprint density at radius 2 is 1.61 bits per heavy atom. The van der Waals surface area contributed by atoms with Crippen molar-refractivity contribution < 1.29 is 19.1 Å². The number of hydrogen-bond acceptors (Lipinski definition) is 6. The summed E-state index contributed by atoms with van der Waals surface area (Å²) >= 11 is 3.34. The van der Waals surface area contributed by atoms with E-state index in [4.69, 9.17) is 9.47 Å². The van der Waals surface area contributed by atoms with Crippen molar-refractivity contribution in [3.8, 4) is 0 Å². The van der Waals surface area contributed by atoms with Gasteiger partial charge in [-0.05, 0) is 59.2 Å². The van der Waals surface area contributed by atoms with E-state index >= 15 is 0 Å². The summed E-state index contributed by atoms with van der Waals surface area (Å²) in [6.07, 6.45) is -2.00. The zero-order valence-corrected chi connectivity index (χ0v) is 18.3. The van der Waals surface area contributed by atoms with Crippen molar-refractivity contribution in [2.24, 2.45) is 0 Å². The normalized spacial score (nSPS) is 12.0. The molecule has 0 aliphatic rings. The van der Waals surface area contributed by atoms with E-state index < -0.39 is 28.9 Å². The van der Waals surface area contributed by atoms with Gasteiger partial charge in [0.05, 0.1) is 10.9 Å². The van der Waals surface area contributed by atoms with Crippen LogP contribution in [-0.4, -0.2) is 33.4 Å². The van der Waals surface area contributed by atoms with Gasteiger partial charge in [-0.1, -0.05) is 22.0 Å². The molecule has 0 fully saturated rings. The zero-order valence-electron chi connectivity index (χ0n) is 16.8. The molecule has 0 atom stereocenters. The van der Waals surface area contributed by atoms with Crippen LogP contribution in [0.2, 0.25) is 0 Å². The molecule has 2 aromatic rings. The first-order chi connectivity index (χ1) is 12.8. The largest absolute Gasteiger partial charge is 0.443 e. The monoisotopic (exact) mass is 453 g/mol. The molecular weight excluding hydrogens is 430 g/mol. The molecule has 8 nitrogen and oxygen atoms in total. The third kappa shape index (κ3) is 5.54. The van der Waals surface area contributed by atoms with E-state index in [9.17, 15) is 14.4 Å². The summed E-state index contributed by atoms with van der Waals surface area (Å²) < 4.78 is 10.6.